The maximum absolute atomic E-state index is 12.6. The Morgan fingerprint density at radius 2 is 1.91 bits per heavy atom. The van der Waals surface area contributed by atoms with Crippen LogP contribution in [0.4, 0.5) is 0 Å². The van der Waals surface area contributed by atoms with Crippen LogP contribution in [-0.4, -0.2) is 12.0 Å². The number of nitrogens with two attached hydrogens (primary N) is 1. The fourth-order valence-corrected chi connectivity index (χ4v) is 8.34. The van der Waals surface area contributed by atoms with Crippen LogP contribution in [0, 0.1) is 36.5 Å². The van der Waals surface area contributed by atoms with E-state index in [1.54, 1.807) is 0 Å². The predicted molar refractivity (Wildman–Crippen MR) is 132 cm³/mol. The second-order valence-corrected chi connectivity index (χ2v) is 12.3. The first-order valence-corrected chi connectivity index (χ1v) is 12.9. The van der Waals surface area contributed by atoms with E-state index < -0.39 is 6.04 Å². The molecule has 0 saturated heterocycles. The van der Waals surface area contributed by atoms with E-state index in [1.807, 2.05) is 0 Å². The summed E-state index contributed by atoms with van der Waals surface area (Å²) in [6, 6.07) is 3.67. The largest absolute Gasteiger partial charge is 0.425 e. The molecule has 2 unspecified atom stereocenters. The summed E-state index contributed by atoms with van der Waals surface area (Å²) in [6.07, 6.45) is 11.2. The van der Waals surface area contributed by atoms with E-state index >= 15 is 0 Å². The predicted octanol–water partition coefficient (Wildman–Crippen LogP) is 6.68. The lowest BCUT2D eigenvalue weighted by Gasteiger charge is -2.61. The quantitative estimate of drug-likeness (QED) is 0.233. The van der Waals surface area contributed by atoms with E-state index in [0.717, 1.165) is 31.6 Å². The van der Waals surface area contributed by atoms with E-state index in [1.165, 1.54) is 48.8 Å². The van der Waals surface area contributed by atoms with Crippen molar-refractivity contribution in [2.24, 2.45) is 28.4 Å². The number of benzene rings is 1. The van der Waals surface area contributed by atoms with Crippen molar-refractivity contribution < 1.29 is 9.53 Å². The van der Waals surface area contributed by atoms with Crippen molar-refractivity contribution in [2.45, 2.75) is 110 Å². The van der Waals surface area contributed by atoms with Gasteiger partial charge in [0.25, 0.3) is 0 Å². The molecule has 2 saturated carbocycles. The van der Waals surface area contributed by atoms with Gasteiger partial charge in [-0.3, -0.25) is 0 Å². The van der Waals surface area contributed by atoms with Gasteiger partial charge in [0, 0.05) is 0 Å². The molecule has 0 heterocycles. The number of hydrogen-bond donors (Lipinski definition) is 1. The van der Waals surface area contributed by atoms with Gasteiger partial charge in [-0.25, -0.2) is 4.79 Å². The van der Waals surface area contributed by atoms with Crippen LogP contribution < -0.4 is 10.5 Å². The van der Waals surface area contributed by atoms with E-state index in [4.69, 9.17) is 10.5 Å². The van der Waals surface area contributed by atoms with Crippen LogP contribution in [0.1, 0.15) is 102 Å². The number of rotatable bonds is 6. The number of esters is 1. The highest BCUT2D eigenvalue weighted by Gasteiger charge is 2.61. The highest BCUT2D eigenvalue weighted by Crippen LogP contribution is 2.67. The molecule has 2 N–H and O–H groups in total. The molecule has 32 heavy (non-hydrogen) atoms. The summed E-state index contributed by atoms with van der Waals surface area (Å²) < 4.78 is 5.78. The lowest BCUT2D eigenvalue weighted by Crippen LogP contribution is -2.55. The Morgan fingerprint density at radius 1 is 1.16 bits per heavy atom. The van der Waals surface area contributed by atoms with Crippen molar-refractivity contribution in [3.63, 3.8) is 0 Å². The molecule has 176 valence electrons. The molecule has 0 radical (unpaired) electrons. The summed E-state index contributed by atoms with van der Waals surface area (Å²) in [7, 11) is 0. The van der Waals surface area contributed by atoms with Crippen LogP contribution in [0.5, 0.6) is 5.75 Å². The summed E-state index contributed by atoms with van der Waals surface area (Å²) in [4.78, 5) is 12.6. The number of carbonyl (C=O) groups is 1. The van der Waals surface area contributed by atoms with Crippen molar-refractivity contribution in [2.75, 3.05) is 0 Å². The molecule has 3 nitrogen and oxygen atoms in total. The van der Waals surface area contributed by atoms with Crippen molar-refractivity contribution >= 4 is 5.97 Å². The average molecular weight is 439 g/mol. The van der Waals surface area contributed by atoms with Gasteiger partial charge in [-0.2, -0.15) is 0 Å². The molecular weight excluding hydrogens is 394 g/mol. The van der Waals surface area contributed by atoms with Crippen LogP contribution in [0.15, 0.2) is 12.1 Å². The van der Waals surface area contributed by atoms with Crippen molar-refractivity contribution in [1.82, 2.24) is 0 Å². The van der Waals surface area contributed by atoms with Crippen molar-refractivity contribution in [3.8, 4) is 5.75 Å². The van der Waals surface area contributed by atoms with Gasteiger partial charge in [-0.15, -0.1) is 0 Å². The Bertz CT molecular complexity index is 874. The van der Waals surface area contributed by atoms with Crippen LogP contribution in [0.3, 0.4) is 0 Å². The summed E-state index contributed by atoms with van der Waals surface area (Å²) in [5.74, 6) is 1.82. The fraction of sp³-hybridized carbons (Fsp3) is 0.724. The van der Waals surface area contributed by atoms with Gasteiger partial charge in [0.2, 0.25) is 0 Å². The molecule has 4 rings (SSSR count). The number of hydrogen-bond acceptors (Lipinski definition) is 3. The Kier molecular flexibility index (Phi) is 6.20. The Balaban J connectivity index is 1.58. The highest BCUT2D eigenvalue weighted by molar-refractivity contribution is 5.78. The molecule has 3 heteroatoms. The van der Waals surface area contributed by atoms with Gasteiger partial charge in [0.15, 0.2) is 0 Å². The van der Waals surface area contributed by atoms with Gasteiger partial charge < -0.3 is 10.5 Å². The molecule has 2 fully saturated rings. The SMILES string of the molecule is [CH2+]CCCCC(N)C(=O)Oc1cc(C)c2c(c1)C[C@H]1[C@@]2(C)CCC2C(C)(C)CCC[C@@]21C. The Morgan fingerprint density at radius 3 is 2.62 bits per heavy atom. The minimum Gasteiger partial charge on any atom is -0.425 e. The van der Waals surface area contributed by atoms with Crippen LogP contribution in [-0.2, 0) is 16.6 Å². The standard InChI is InChI=1S/C29H44NO2/c1-7-8-9-11-22(30)26(31)32-21-16-19(2)25-20(17-21)18-24-28(5)14-10-13-27(3,4)23(28)12-15-29(24,25)6/h16-17,22-24H,1,7-15,18,30H2,2-6H3/q+1/t22?,23?,24-,28+,29-/m1/s1. The first-order valence-electron chi connectivity index (χ1n) is 12.9. The third kappa shape index (κ3) is 3.79. The molecule has 0 aromatic heterocycles. The molecule has 1 aromatic rings. The number of carbonyl (C=O) groups excluding carboxylic acids is 1. The molecule has 0 amide bonds. The molecule has 3 aliphatic carbocycles. The minimum absolute atomic E-state index is 0.227. The summed E-state index contributed by atoms with van der Waals surface area (Å²) in [6.45, 7) is 16.2. The van der Waals surface area contributed by atoms with Gasteiger partial charge in [0.1, 0.15) is 11.8 Å². The third-order valence-corrected chi connectivity index (χ3v) is 9.72. The highest BCUT2D eigenvalue weighted by atomic mass is 16.5. The molecule has 0 aliphatic heterocycles. The zero-order valence-electron chi connectivity index (χ0n) is 21.1. The molecule has 1 aromatic carbocycles. The average Bonchev–Trinajstić information content (AvgIpc) is 3.01. The van der Waals surface area contributed by atoms with E-state index in [2.05, 4.69) is 53.7 Å². The smallest absolute Gasteiger partial charge is 0.328 e. The topological polar surface area (TPSA) is 52.3 Å². The maximum atomic E-state index is 12.6. The molecule has 5 atom stereocenters. The number of ether oxygens (including phenoxy) is 1. The number of aryl methyl sites for hydroxylation is 1. The third-order valence-electron chi connectivity index (χ3n) is 9.72. The maximum Gasteiger partial charge on any atom is 0.328 e. The second-order valence-electron chi connectivity index (χ2n) is 12.3. The first kappa shape index (κ1) is 23.7. The lowest BCUT2D eigenvalue weighted by atomic mass is 9.43. The van der Waals surface area contributed by atoms with E-state index in [-0.39, 0.29) is 11.4 Å². The van der Waals surface area contributed by atoms with Crippen molar-refractivity contribution in [3.05, 3.63) is 35.7 Å². The van der Waals surface area contributed by atoms with E-state index in [0.29, 0.717) is 28.9 Å². The normalized spacial score (nSPS) is 33.7. The zero-order chi connectivity index (χ0) is 23.3. The Labute approximate surface area is 195 Å². The van der Waals surface area contributed by atoms with Crippen molar-refractivity contribution in [1.29, 1.82) is 0 Å². The van der Waals surface area contributed by atoms with Gasteiger partial charge in [0.05, 0.1) is 13.3 Å². The van der Waals surface area contributed by atoms with Crippen LogP contribution in [0.2, 0.25) is 0 Å². The summed E-state index contributed by atoms with van der Waals surface area (Å²) in [5.41, 5.74) is 11.3. The van der Waals surface area contributed by atoms with E-state index in [9.17, 15) is 4.79 Å². The van der Waals surface area contributed by atoms with Crippen LogP contribution >= 0.6 is 0 Å². The van der Waals surface area contributed by atoms with Gasteiger partial charge in [-0.1, -0.05) is 34.1 Å². The van der Waals surface area contributed by atoms with Crippen LogP contribution in [0.25, 0.3) is 0 Å². The monoisotopic (exact) mass is 438 g/mol. The minimum atomic E-state index is -0.556. The fourth-order valence-electron chi connectivity index (χ4n) is 8.34. The molecule has 0 bridgehead atoms. The zero-order valence-corrected chi connectivity index (χ0v) is 21.1. The summed E-state index contributed by atoms with van der Waals surface area (Å²) in [5, 5.41) is 0. The number of fused-ring (bicyclic) bond motifs is 5. The molecule has 0 spiro atoms. The lowest BCUT2D eigenvalue weighted by molar-refractivity contribution is -0.136. The molecular formula is C29H44NO2+. The number of unbranched alkanes of at least 4 members (excludes halogenated alkanes) is 2. The Hall–Kier alpha value is -1.48. The first-order chi connectivity index (χ1) is 15.0. The second kappa shape index (κ2) is 8.38. The van der Waals surface area contributed by atoms with Gasteiger partial charge in [-0.05, 0) is 115 Å². The molecule has 3 aliphatic rings. The summed E-state index contributed by atoms with van der Waals surface area (Å²) >= 11 is 0. The van der Waals surface area contributed by atoms with Gasteiger partial charge >= 0.3 is 5.97 Å².